The molecule has 1 atom stereocenters. The average Bonchev–Trinajstić information content (AvgIpc) is 2.02. The van der Waals surface area contributed by atoms with Crippen LogP contribution in [-0.4, -0.2) is 42.4 Å². The van der Waals surface area contributed by atoms with Crippen LogP contribution in [0.3, 0.4) is 0 Å². The molecule has 0 radical (unpaired) electrons. The third-order valence-electron chi connectivity index (χ3n) is 1.38. The molecular weight excluding hydrogens is 214 g/mol. The lowest BCUT2D eigenvalue weighted by molar-refractivity contribution is -0.145. The van der Waals surface area contributed by atoms with Crippen LogP contribution in [0, 0.1) is 0 Å². The molecule has 0 aliphatic rings. The van der Waals surface area contributed by atoms with E-state index in [4.69, 9.17) is 10.2 Å². The molecule has 0 rings (SSSR count). The topological polar surface area (TPSA) is 121 Å². The van der Waals surface area contributed by atoms with Gasteiger partial charge in [-0.05, 0) is 6.92 Å². The number of hydrogen-bond donors (Lipinski definition) is 3. The van der Waals surface area contributed by atoms with E-state index in [-0.39, 0.29) is 5.75 Å². The van der Waals surface area contributed by atoms with Crippen LogP contribution in [0.25, 0.3) is 0 Å². The number of aliphatic carboxylic acids is 2. The fraction of sp³-hybridized carbons (Fsp3) is 0.667. The Morgan fingerprint density at radius 3 is 2.14 bits per heavy atom. The number of carboxylic acid groups (broad SMARTS) is 2. The maximum absolute atomic E-state index is 10.9. The number of nitrogens with one attached hydrogen (secondary N) is 1. The first-order chi connectivity index (χ1) is 6.28. The molecule has 0 aliphatic heterocycles. The van der Waals surface area contributed by atoms with Crippen LogP contribution >= 0.6 is 0 Å². The summed E-state index contributed by atoms with van der Waals surface area (Å²) in [5.74, 6) is -3.18. The minimum absolute atomic E-state index is 0.295. The van der Waals surface area contributed by atoms with E-state index < -0.39 is 34.4 Å². The van der Waals surface area contributed by atoms with Gasteiger partial charge in [0.2, 0.25) is 10.0 Å². The first-order valence-corrected chi connectivity index (χ1v) is 5.38. The van der Waals surface area contributed by atoms with Crippen molar-refractivity contribution in [3.8, 4) is 0 Å². The van der Waals surface area contributed by atoms with Crippen molar-refractivity contribution >= 4 is 22.0 Å². The van der Waals surface area contributed by atoms with Gasteiger partial charge in [-0.15, -0.1) is 0 Å². The summed E-state index contributed by atoms with van der Waals surface area (Å²) in [4.78, 5) is 20.6. The van der Waals surface area contributed by atoms with Gasteiger partial charge in [0.15, 0.2) is 0 Å². The molecule has 0 aromatic carbocycles. The third kappa shape index (κ3) is 4.77. The van der Waals surface area contributed by atoms with E-state index in [1.165, 1.54) is 6.92 Å². The maximum Gasteiger partial charge on any atom is 0.322 e. The number of sulfonamides is 1. The van der Waals surface area contributed by atoms with Crippen LogP contribution in [0.5, 0.6) is 0 Å². The van der Waals surface area contributed by atoms with Crippen LogP contribution < -0.4 is 4.72 Å². The monoisotopic (exact) mass is 225 g/mol. The Morgan fingerprint density at radius 2 is 1.86 bits per heavy atom. The van der Waals surface area contributed by atoms with E-state index in [0.29, 0.717) is 0 Å². The molecule has 0 aliphatic carbocycles. The highest BCUT2D eigenvalue weighted by Crippen LogP contribution is 1.96. The number of carbonyl (C=O) groups is 2. The van der Waals surface area contributed by atoms with Gasteiger partial charge in [-0.3, -0.25) is 9.59 Å². The normalized spacial score (nSPS) is 13.5. The molecule has 0 saturated carbocycles. The lowest BCUT2D eigenvalue weighted by Gasteiger charge is -2.11. The molecule has 0 fully saturated rings. The molecule has 14 heavy (non-hydrogen) atoms. The van der Waals surface area contributed by atoms with Crippen molar-refractivity contribution in [3.05, 3.63) is 0 Å². The fourth-order valence-corrected chi connectivity index (χ4v) is 1.44. The fourth-order valence-electron chi connectivity index (χ4n) is 0.654. The summed E-state index contributed by atoms with van der Waals surface area (Å²) >= 11 is 0. The number of carboxylic acids is 2. The van der Waals surface area contributed by atoms with Crippen LogP contribution in [-0.2, 0) is 19.6 Å². The second kappa shape index (κ2) is 4.91. The minimum atomic E-state index is -3.70. The Kier molecular flexibility index (Phi) is 4.51. The minimum Gasteiger partial charge on any atom is -0.481 e. The molecule has 0 saturated heterocycles. The highest BCUT2D eigenvalue weighted by Gasteiger charge is 2.25. The highest BCUT2D eigenvalue weighted by molar-refractivity contribution is 7.89. The van der Waals surface area contributed by atoms with Crippen molar-refractivity contribution in [2.24, 2.45) is 0 Å². The molecule has 8 heteroatoms. The number of rotatable bonds is 6. The quantitative estimate of drug-likeness (QED) is 0.525. The van der Waals surface area contributed by atoms with Gasteiger partial charge in [-0.2, -0.15) is 0 Å². The third-order valence-corrected chi connectivity index (χ3v) is 2.78. The first kappa shape index (κ1) is 12.8. The van der Waals surface area contributed by atoms with Crippen LogP contribution in [0.15, 0.2) is 0 Å². The van der Waals surface area contributed by atoms with E-state index in [0.717, 1.165) is 0 Å². The molecule has 0 amide bonds. The Bertz CT molecular complexity index is 321. The van der Waals surface area contributed by atoms with Gasteiger partial charge in [0.25, 0.3) is 0 Å². The molecule has 0 aromatic rings. The second-order valence-corrected chi connectivity index (χ2v) is 4.55. The molecule has 0 unspecified atom stereocenters. The van der Waals surface area contributed by atoms with Crippen molar-refractivity contribution in [2.75, 3.05) is 5.75 Å². The van der Waals surface area contributed by atoms with Crippen molar-refractivity contribution in [3.63, 3.8) is 0 Å². The largest absolute Gasteiger partial charge is 0.481 e. The van der Waals surface area contributed by atoms with E-state index >= 15 is 0 Å². The second-order valence-electron chi connectivity index (χ2n) is 2.51. The summed E-state index contributed by atoms with van der Waals surface area (Å²) in [6.45, 7) is 1.32. The standard InChI is InChI=1S/C6H11NO6S/c1-2-14(12,13)7-4(6(10)11)3-5(8)9/h4,7H,2-3H2,1H3,(H,8,9)(H,10,11)/t4-/m0/s1. The smallest absolute Gasteiger partial charge is 0.322 e. The lowest BCUT2D eigenvalue weighted by atomic mass is 10.2. The van der Waals surface area contributed by atoms with Gasteiger partial charge in [0, 0.05) is 0 Å². The Morgan fingerprint density at radius 1 is 1.36 bits per heavy atom. The van der Waals surface area contributed by atoms with E-state index in [9.17, 15) is 18.0 Å². The average molecular weight is 225 g/mol. The van der Waals surface area contributed by atoms with Crippen LogP contribution in [0.2, 0.25) is 0 Å². The van der Waals surface area contributed by atoms with Crippen LogP contribution in [0.1, 0.15) is 13.3 Å². The zero-order valence-corrected chi connectivity index (χ0v) is 8.24. The van der Waals surface area contributed by atoms with E-state index in [1.54, 1.807) is 4.72 Å². The van der Waals surface area contributed by atoms with Gasteiger partial charge >= 0.3 is 11.9 Å². The number of hydrogen-bond acceptors (Lipinski definition) is 4. The molecule has 0 heterocycles. The molecule has 0 bridgehead atoms. The Hall–Kier alpha value is -1.15. The summed E-state index contributed by atoms with van der Waals surface area (Å²) < 4.78 is 23.6. The van der Waals surface area contributed by atoms with Gasteiger partial charge in [0.1, 0.15) is 6.04 Å². The lowest BCUT2D eigenvalue weighted by Crippen LogP contribution is -2.42. The first-order valence-electron chi connectivity index (χ1n) is 3.73. The van der Waals surface area contributed by atoms with Gasteiger partial charge < -0.3 is 10.2 Å². The summed E-state index contributed by atoms with van der Waals surface area (Å²) in [5, 5.41) is 16.8. The molecule has 0 aromatic heterocycles. The molecule has 0 spiro atoms. The SMILES string of the molecule is CCS(=O)(=O)N[C@@H](CC(=O)O)C(=O)O. The predicted molar refractivity (Wildman–Crippen MR) is 46.3 cm³/mol. The zero-order valence-electron chi connectivity index (χ0n) is 7.43. The molecule has 82 valence electrons. The van der Waals surface area contributed by atoms with E-state index in [1.807, 2.05) is 0 Å². The van der Waals surface area contributed by atoms with Crippen molar-refractivity contribution in [1.82, 2.24) is 4.72 Å². The summed E-state index contributed by atoms with van der Waals surface area (Å²) in [6.07, 6.45) is -0.783. The predicted octanol–water partition coefficient (Wildman–Crippen LogP) is -1.15. The van der Waals surface area contributed by atoms with Crippen molar-refractivity contribution in [1.29, 1.82) is 0 Å². The van der Waals surface area contributed by atoms with E-state index in [2.05, 4.69) is 0 Å². The summed E-state index contributed by atoms with van der Waals surface area (Å²) in [6, 6.07) is -1.61. The Labute approximate surface area is 80.8 Å². The Balaban J connectivity index is 4.54. The zero-order chi connectivity index (χ0) is 11.4. The van der Waals surface area contributed by atoms with Gasteiger partial charge in [0.05, 0.1) is 12.2 Å². The van der Waals surface area contributed by atoms with Crippen molar-refractivity contribution in [2.45, 2.75) is 19.4 Å². The molecule has 7 nitrogen and oxygen atoms in total. The maximum atomic E-state index is 10.9. The summed E-state index contributed by atoms with van der Waals surface area (Å²) in [5.41, 5.74) is 0. The summed E-state index contributed by atoms with van der Waals surface area (Å²) in [7, 11) is -3.70. The van der Waals surface area contributed by atoms with Crippen molar-refractivity contribution < 1.29 is 28.2 Å². The molecular formula is C6H11NO6S. The van der Waals surface area contributed by atoms with Gasteiger partial charge in [-0.1, -0.05) is 0 Å². The highest BCUT2D eigenvalue weighted by atomic mass is 32.2. The van der Waals surface area contributed by atoms with Gasteiger partial charge in [-0.25, -0.2) is 13.1 Å². The van der Waals surface area contributed by atoms with Crippen LogP contribution in [0.4, 0.5) is 0 Å². The molecule has 3 N–H and O–H groups in total.